The minimum Gasteiger partial charge on any atom is -0.462 e. The van der Waals surface area contributed by atoms with E-state index in [2.05, 4.69) is 18.7 Å². The zero-order valence-corrected chi connectivity index (χ0v) is 18.4. The molecule has 168 valence electrons. The van der Waals surface area contributed by atoms with Gasteiger partial charge in [0.15, 0.2) is 5.76 Å². The fraction of sp³-hybridized carbons (Fsp3) is 0.750. The summed E-state index contributed by atoms with van der Waals surface area (Å²) in [5.74, 6) is 0.869. The molecule has 7 heteroatoms. The lowest BCUT2D eigenvalue weighted by Gasteiger charge is -2.49. The zero-order valence-electron chi connectivity index (χ0n) is 18.4. The van der Waals surface area contributed by atoms with Crippen LogP contribution in [0.25, 0.3) is 0 Å². The summed E-state index contributed by atoms with van der Waals surface area (Å²) in [5.41, 5.74) is 0.0797. The summed E-state index contributed by atoms with van der Waals surface area (Å²) in [7, 11) is 0. The SMILES string of the molecule is C[C@H]1CCC[C@]2(C)C[C@H]3OC(=O)[C@H](CN4CCN(C(=O)c5ccco5)CC4)[C@H]3[C@@H]3O[C@@]132. The molecule has 0 aromatic carbocycles. The van der Waals surface area contributed by atoms with Crippen molar-refractivity contribution in [2.45, 2.75) is 57.3 Å². The van der Waals surface area contributed by atoms with Gasteiger partial charge in [-0.25, -0.2) is 0 Å². The molecule has 1 aromatic rings. The van der Waals surface area contributed by atoms with E-state index in [1.165, 1.54) is 25.5 Å². The van der Waals surface area contributed by atoms with Crippen molar-refractivity contribution in [2.24, 2.45) is 23.2 Å². The van der Waals surface area contributed by atoms with Crippen molar-refractivity contribution in [3.63, 3.8) is 0 Å². The number of piperazine rings is 1. The van der Waals surface area contributed by atoms with E-state index in [0.717, 1.165) is 19.5 Å². The van der Waals surface area contributed by atoms with Crippen LogP contribution in [-0.4, -0.2) is 72.2 Å². The van der Waals surface area contributed by atoms with E-state index in [-0.39, 0.29) is 46.9 Å². The number of carbonyl (C=O) groups is 2. The molecule has 7 atom stereocenters. The molecular formula is C24H32N2O5. The Hall–Kier alpha value is -1.86. The molecule has 2 saturated carbocycles. The Morgan fingerprint density at radius 2 is 2.06 bits per heavy atom. The normalized spacial score (nSPS) is 44.3. The maximum absolute atomic E-state index is 12.9. The van der Waals surface area contributed by atoms with Gasteiger partial charge in [0.05, 0.1) is 18.3 Å². The lowest BCUT2D eigenvalue weighted by Crippen LogP contribution is -2.55. The van der Waals surface area contributed by atoms with Gasteiger partial charge in [-0.3, -0.25) is 14.5 Å². The van der Waals surface area contributed by atoms with Crippen molar-refractivity contribution in [2.75, 3.05) is 32.7 Å². The van der Waals surface area contributed by atoms with E-state index in [1.54, 1.807) is 12.1 Å². The molecule has 6 rings (SSSR count). The summed E-state index contributed by atoms with van der Waals surface area (Å²) in [5, 5.41) is 0. The van der Waals surface area contributed by atoms with Crippen molar-refractivity contribution >= 4 is 11.9 Å². The highest BCUT2D eigenvalue weighted by molar-refractivity contribution is 5.91. The molecule has 3 aliphatic heterocycles. The van der Waals surface area contributed by atoms with Crippen molar-refractivity contribution < 1.29 is 23.5 Å². The van der Waals surface area contributed by atoms with Crippen molar-refractivity contribution in [1.82, 2.24) is 9.80 Å². The monoisotopic (exact) mass is 428 g/mol. The molecular weight excluding hydrogens is 396 g/mol. The van der Waals surface area contributed by atoms with Gasteiger partial charge < -0.3 is 18.8 Å². The van der Waals surface area contributed by atoms with Gasteiger partial charge in [0.25, 0.3) is 5.91 Å². The van der Waals surface area contributed by atoms with Gasteiger partial charge in [-0.05, 0) is 37.3 Å². The second-order valence-electron chi connectivity index (χ2n) is 10.6. The highest BCUT2D eigenvalue weighted by atomic mass is 16.6. The summed E-state index contributed by atoms with van der Waals surface area (Å²) < 4.78 is 17.7. The summed E-state index contributed by atoms with van der Waals surface area (Å²) >= 11 is 0. The number of nitrogens with zero attached hydrogens (tertiary/aromatic N) is 2. The third kappa shape index (κ3) is 2.78. The predicted octanol–water partition coefficient (Wildman–Crippen LogP) is 2.56. The number of hydrogen-bond donors (Lipinski definition) is 0. The van der Waals surface area contributed by atoms with Gasteiger partial charge in [-0.15, -0.1) is 0 Å². The molecule has 3 saturated heterocycles. The van der Waals surface area contributed by atoms with Crippen LogP contribution in [0.2, 0.25) is 0 Å². The second-order valence-corrected chi connectivity index (χ2v) is 10.6. The van der Waals surface area contributed by atoms with Crippen LogP contribution in [0.4, 0.5) is 0 Å². The maximum Gasteiger partial charge on any atom is 0.311 e. The van der Waals surface area contributed by atoms with Crippen LogP contribution in [0.1, 0.15) is 50.1 Å². The summed E-state index contributed by atoms with van der Waals surface area (Å²) in [6, 6.07) is 3.44. The molecule has 1 amide bonds. The lowest BCUT2D eigenvalue weighted by atomic mass is 9.53. The quantitative estimate of drug-likeness (QED) is 0.544. The minimum absolute atomic E-state index is 0.00440. The van der Waals surface area contributed by atoms with Crippen LogP contribution in [0.15, 0.2) is 22.8 Å². The van der Waals surface area contributed by atoms with Gasteiger partial charge >= 0.3 is 5.97 Å². The summed E-state index contributed by atoms with van der Waals surface area (Å²) in [6.07, 6.45) is 6.25. The molecule has 0 bridgehead atoms. The van der Waals surface area contributed by atoms with Gasteiger partial charge in [0.1, 0.15) is 11.7 Å². The number of furan rings is 1. The summed E-state index contributed by atoms with van der Waals surface area (Å²) in [4.78, 5) is 29.6. The van der Waals surface area contributed by atoms with Crippen LogP contribution in [0, 0.1) is 23.2 Å². The van der Waals surface area contributed by atoms with E-state index in [9.17, 15) is 9.59 Å². The largest absolute Gasteiger partial charge is 0.462 e. The first-order chi connectivity index (χ1) is 14.9. The Bertz CT molecular complexity index is 879. The highest BCUT2D eigenvalue weighted by Gasteiger charge is 2.78. The molecule has 0 radical (unpaired) electrons. The third-order valence-corrected chi connectivity index (χ3v) is 9.04. The first-order valence-electron chi connectivity index (χ1n) is 11.9. The molecule has 0 unspecified atom stereocenters. The van der Waals surface area contributed by atoms with Crippen molar-refractivity contribution in [3.8, 4) is 0 Å². The molecule has 7 nitrogen and oxygen atoms in total. The number of fused-ring (bicyclic) bond motifs is 2. The first-order valence-corrected chi connectivity index (χ1v) is 11.9. The number of rotatable bonds is 3. The lowest BCUT2D eigenvalue weighted by molar-refractivity contribution is -0.146. The molecule has 2 aliphatic carbocycles. The Balaban J connectivity index is 1.13. The van der Waals surface area contributed by atoms with Crippen LogP contribution >= 0.6 is 0 Å². The second kappa shape index (κ2) is 6.82. The molecule has 5 aliphatic rings. The maximum atomic E-state index is 12.9. The first kappa shape index (κ1) is 19.8. The van der Waals surface area contributed by atoms with Crippen molar-refractivity contribution in [3.05, 3.63) is 24.2 Å². The number of amides is 1. The number of hydrogen-bond acceptors (Lipinski definition) is 6. The number of epoxide rings is 1. The van der Waals surface area contributed by atoms with Crippen LogP contribution in [-0.2, 0) is 14.3 Å². The number of esters is 1. The highest BCUT2D eigenvalue weighted by Crippen LogP contribution is 2.70. The third-order valence-electron chi connectivity index (χ3n) is 9.04. The molecule has 31 heavy (non-hydrogen) atoms. The average molecular weight is 429 g/mol. The van der Waals surface area contributed by atoms with Crippen molar-refractivity contribution in [1.29, 1.82) is 0 Å². The molecule has 5 fully saturated rings. The van der Waals surface area contributed by atoms with E-state index >= 15 is 0 Å². The standard InChI is InChI=1S/C24H32N2O5/c1-15-5-3-7-23(2)13-18-19(20-24(15,23)31-20)16(22(28)30-18)14-25-8-10-26(11-9-25)21(27)17-6-4-12-29-17/h4,6,12,15-16,18-20H,3,5,7-11,13-14H2,1-2H3/t15-,16+,18+,19+,20-,23+,24-/m0/s1. The van der Waals surface area contributed by atoms with E-state index < -0.39 is 0 Å². The number of ether oxygens (including phenoxy) is 2. The average Bonchev–Trinajstić information content (AvgIpc) is 3.13. The van der Waals surface area contributed by atoms with E-state index in [4.69, 9.17) is 13.9 Å². The van der Waals surface area contributed by atoms with Gasteiger partial charge in [0, 0.05) is 44.1 Å². The van der Waals surface area contributed by atoms with Gasteiger partial charge in [-0.2, -0.15) is 0 Å². The zero-order chi connectivity index (χ0) is 21.4. The minimum atomic E-state index is -0.125. The molecule has 1 spiro atoms. The van der Waals surface area contributed by atoms with Crippen LogP contribution in [0.5, 0.6) is 0 Å². The Morgan fingerprint density at radius 3 is 2.81 bits per heavy atom. The molecule has 1 aromatic heterocycles. The predicted molar refractivity (Wildman–Crippen MR) is 111 cm³/mol. The fourth-order valence-corrected chi connectivity index (χ4v) is 7.41. The van der Waals surface area contributed by atoms with Crippen LogP contribution < -0.4 is 0 Å². The topological polar surface area (TPSA) is 75.5 Å². The smallest absolute Gasteiger partial charge is 0.311 e. The Morgan fingerprint density at radius 1 is 1.26 bits per heavy atom. The van der Waals surface area contributed by atoms with Gasteiger partial charge in [-0.1, -0.05) is 20.3 Å². The van der Waals surface area contributed by atoms with E-state index in [1.807, 2.05) is 4.90 Å². The van der Waals surface area contributed by atoms with Gasteiger partial charge in [0.2, 0.25) is 0 Å². The Labute approximate surface area is 183 Å². The Kier molecular flexibility index (Phi) is 4.35. The van der Waals surface area contributed by atoms with Crippen LogP contribution in [0.3, 0.4) is 0 Å². The number of carbonyl (C=O) groups excluding carboxylic acids is 2. The molecule has 4 heterocycles. The fourth-order valence-electron chi connectivity index (χ4n) is 7.41. The van der Waals surface area contributed by atoms with E-state index in [0.29, 0.717) is 31.3 Å². The molecule has 0 N–H and O–H groups in total. The summed E-state index contributed by atoms with van der Waals surface area (Å²) in [6.45, 7) is 8.21.